The van der Waals surface area contributed by atoms with Crippen LogP contribution in [0.25, 0.3) is 0 Å². The SMILES string of the molecule is CSc1ccc(C(CC(=O)O)NC(=O)CC(C)c2c(C)noc2C)cc1. The van der Waals surface area contributed by atoms with Crippen molar-refractivity contribution in [2.24, 2.45) is 0 Å². The number of carboxylic acid groups (broad SMARTS) is 1. The minimum absolute atomic E-state index is 0.0643. The molecule has 0 aliphatic carbocycles. The lowest BCUT2D eigenvalue weighted by Crippen LogP contribution is -2.31. The Hall–Kier alpha value is -2.28. The molecule has 1 heterocycles. The molecular weight excluding hydrogens is 352 g/mol. The van der Waals surface area contributed by atoms with Crippen LogP contribution in [0.4, 0.5) is 0 Å². The Morgan fingerprint density at radius 1 is 1.23 bits per heavy atom. The number of nitrogens with one attached hydrogen (secondary N) is 1. The number of nitrogens with zero attached hydrogens (tertiary/aromatic N) is 1. The standard InChI is InChI=1S/C19H24N2O4S/c1-11(19-12(2)21-25-13(19)3)9-17(22)20-16(10-18(23)24)14-5-7-15(26-4)8-6-14/h5-8,11,16H,9-10H2,1-4H3,(H,20,22)(H,23,24). The smallest absolute Gasteiger partial charge is 0.305 e. The van der Waals surface area contributed by atoms with Gasteiger partial charge in [-0.2, -0.15) is 0 Å². The number of aryl methyl sites for hydroxylation is 2. The number of carbonyl (C=O) groups is 2. The van der Waals surface area contributed by atoms with Crippen LogP contribution in [0.3, 0.4) is 0 Å². The second-order valence-corrected chi connectivity index (χ2v) is 7.21. The van der Waals surface area contributed by atoms with Gasteiger partial charge in [-0.1, -0.05) is 24.2 Å². The predicted octanol–water partition coefficient (Wildman–Crippen LogP) is 3.84. The average molecular weight is 376 g/mol. The van der Waals surface area contributed by atoms with E-state index in [1.807, 2.05) is 51.3 Å². The van der Waals surface area contributed by atoms with E-state index >= 15 is 0 Å². The molecule has 0 radical (unpaired) electrons. The molecule has 0 fully saturated rings. The maximum Gasteiger partial charge on any atom is 0.305 e. The normalized spacial score (nSPS) is 13.2. The fraction of sp³-hybridized carbons (Fsp3) is 0.421. The highest BCUT2D eigenvalue weighted by Gasteiger charge is 2.22. The van der Waals surface area contributed by atoms with Gasteiger partial charge in [0.25, 0.3) is 0 Å². The zero-order valence-corrected chi connectivity index (χ0v) is 16.2. The fourth-order valence-corrected chi connectivity index (χ4v) is 3.50. The molecule has 0 bridgehead atoms. The maximum absolute atomic E-state index is 12.5. The zero-order chi connectivity index (χ0) is 19.3. The maximum atomic E-state index is 12.5. The van der Waals surface area contributed by atoms with Crippen LogP contribution in [0.15, 0.2) is 33.7 Å². The molecule has 0 aliphatic rings. The van der Waals surface area contributed by atoms with Gasteiger partial charge in [0.15, 0.2) is 0 Å². The van der Waals surface area contributed by atoms with Gasteiger partial charge >= 0.3 is 5.97 Å². The summed E-state index contributed by atoms with van der Waals surface area (Å²) >= 11 is 1.61. The molecule has 1 amide bonds. The average Bonchev–Trinajstić information content (AvgIpc) is 2.92. The van der Waals surface area contributed by atoms with Crippen molar-refractivity contribution in [1.82, 2.24) is 10.5 Å². The third-order valence-corrected chi connectivity index (χ3v) is 5.05. The summed E-state index contributed by atoms with van der Waals surface area (Å²) < 4.78 is 5.16. The summed E-state index contributed by atoms with van der Waals surface area (Å²) in [5.41, 5.74) is 2.49. The van der Waals surface area contributed by atoms with E-state index in [9.17, 15) is 14.7 Å². The molecule has 0 spiro atoms. The molecule has 140 valence electrons. The number of thioether (sulfide) groups is 1. The first-order valence-electron chi connectivity index (χ1n) is 8.39. The molecule has 0 saturated carbocycles. The highest BCUT2D eigenvalue weighted by atomic mass is 32.2. The van der Waals surface area contributed by atoms with Crippen molar-refractivity contribution in [3.8, 4) is 0 Å². The molecule has 2 unspecified atom stereocenters. The first kappa shape index (κ1) is 20.0. The third-order valence-electron chi connectivity index (χ3n) is 4.31. The summed E-state index contributed by atoms with van der Waals surface area (Å²) in [6, 6.07) is 7.00. The van der Waals surface area contributed by atoms with Crippen molar-refractivity contribution >= 4 is 23.6 Å². The van der Waals surface area contributed by atoms with E-state index < -0.39 is 12.0 Å². The lowest BCUT2D eigenvalue weighted by Gasteiger charge is -2.19. The monoisotopic (exact) mass is 376 g/mol. The van der Waals surface area contributed by atoms with Gasteiger partial charge in [-0.05, 0) is 43.7 Å². The summed E-state index contributed by atoms with van der Waals surface area (Å²) in [5, 5.41) is 16.0. The molecule has 2 aromatic rings. The first-order valence-corrected chi connectivity index (χ1v) is 9.62. The second kappa shape index (κ2) is 8.89. The van der Waals surface area contributed by atoms with Crippen LogP contribution in [-0.2, 0) is 9.59 Å². The Kier molecular flexibility index (Phi) is 6.85. The number of hydrogen-bond donors (Lipinski definition) is 2. The van der Waals surface area contributed by atoms with Crippen molar-refractivity contribution < 1.29 is 19.2 Å². The van der Waals surface area contributed by atoms with Gasteiger partial charge in [-0.25, -0.2) is 0 Å². The quantitative estimate of drug-likeness (QED) is 0.680. The molecule has 0 saturated heterocycles. The summed E-state index contributed by atoms with van der Waals surface area (Å²) in [5.74, 6) is -0.510. The van der Waals surface area contributed by atoms with Crippen molar-refractivity contribution in [1.29, 1.82) is 0 Å². The number of carboxylic acids is 1. The second-order valence-electron chi connectivity index (χ2n) is 6.33. The van der Waals surface area contributed by atoms with Crippen molar-refractivity contribution in [3.63, 3.8) is 0 Å². The molecule has 1 aromatic heterocycles. The van der Waals surface area contributed by atoms with E-state index in [0.29, 0.717) is 5.76 Å². The molecule has 1 aromatic carbocycles. The number of benzene rings is 1. The Balaban J connectivity index is 2.09. The number of amides is 1. The van der Waals surface area contributed by atoms with Gasteiger partial charge in [0.1, 0.15) is 5.76 Å². The predicted molar refractivity (Wildman–Crippen MR) is 100 cm³/mol. The van der Waals surface area contributed by atoms with Gasteiger partial charge < -0.3 is 14.9 Å². The van der Waals surface area contributed by atoms with Gasteiger partial charge in [-0.15, -0.1) is 11.8 Å². The Morgan fingerprint density at radius 3 is 2.38 bits per heavy atom. The van der Waals surface area contributed by atoms with Gasteiger partial charge in [0.2, 0.25) is 5.91 Å². The number of hydrogen-bond acceptors (Lipinski definition) is 5. The summed E-state index contributed by atoms with van der Waals surface area (Å²) in [6.45, 7) is 5.61. The minimum Gasteiger partial charge on any atom is -0.481 e. The number of aromatic nitrogens is 1. The number of carbonyl (C=O) groups excluding carboxylic acids is 1. The molecule has 2 N–H and O–H groups in total. The van der Waals surface area contributed by atoms with Crippen LogP contribution in [0.1, 0.15) is 54.3 Å². The summed E-state index contributed by atoms with van der Waals surface area (Å²) in [4.78, 5) is 24.8. The topological polar surface area (TPSA) is 92.4 Å². The Bertz CT molecular complexity index is 751. The van der Waals surface area contributed by atoms with E-state index in [-0.39, 0.29) is 24.7 Å². The molecular formula is C19H24N2O4S. The van der Waals surface area contributed by atoms with Gasteiger partial charge in [0, 0.05) is 16.9 Å². The lowest BCUT2D eigenvalue weighted by atomic mass is 9.95. The van der Waals surface area contributed by atoms with Crippen molar-refractivity contribution in [2.75, 3.05) is 6.26 Å². The molecule has 6 nitrogen and oxygen atoms in total. The van der Waals surface area contributed by atoms with Gasteiger partial charge in [0.05, 0.1) is 18.2 Å². The molecule has 2 rings (SSSR count). The van der Waals surface area contributed by atoms with Crippen LogP contribution in [-0.4, -0.2) is 28.4 Å². The molecule has 0 aliphatic heterocycles. The highest BCUT2D eigenvalue weighted by molar-refractivity contribution is 7.98. The number of aliphatic carboxylic acids is 1. The summed E-state index contributed by atoms with van der Waals surface area (Å²) in [6.07, 6.45) is 2.05. The molecule has 26 heavy (non-hydrogen) atoms. The summed E-state index contributed by atoms with van der Waals surface area (Å²) in [7, 11) is 0. The van der Waals surface area contributed by atoms with Crippen LogP contribution < -0.4 is 5.32 Å². The molecule has 7 heteroatoms. The van der Waals surface area contributed by atoms with Crippen LogP contribution in [0, 0.1) is 13.8 Å². The van der Waals surface area contributed by atoms with E-state index in [1.54, 1.807) is 11.8 Å². The van der Waals surface area contributed by atoms with E-state index in [2.05, 4.69) is 10.5 Å². The van der Waals surface area contributed by atoms with E-state index in [0.717, 1.165) is 21.7 Å². The van der Waals surface area contributed by atoms with Crippen LogP contribution in [0.5, 0.6) is 0 Å². The Morgan fingerprint density at radius 2 is 1.88 bits per heavy atom. The minimum atomic E-state index is -0.956. The molecule has 2 atom stereocenters. The zero-order valence-electron chi connectivity index (χ0n) is 15.4. The Labute approximate surface area is 157 Å². The van der Waals surface area contributed by atoms with Crippen LogP contribution >= 0.6 is 11.8 Å². The van der Waals surface area contributed by atoms with E-state index in [1.165, 1.54) is 0 Å². The fourth-order valence-electron chi connectivity index (χ4n) is 3.09. The van der Waals surface area contributed by atoms with Gasteiger partial charge in [-0.3, -0.25) is 9.59 Å². The highest BCUT2D eigenvalue weighted by Crippen LogP contribution is 2.27. The van der Waals surface area contributed by atoms with Crippen molar-refractivity contribution in [2.45, 2.75) is 50.5 Å². The third kappa shape index (κ3) is 5.11. The first-order chi connectivity index (χ1) is 12.3. The lowest BCUT2D eigenvalue weighted by molar-refractivity contribution is -0.137. The van der Waals surface area contributed by atoms with Crippen LogP contribution in [0.2, 0.25) is 0 Å². The van der Waals surface area contributed by atoms with Crippen molar-refractivity contribution in [3.05, 3.63) is 46.8 Å². The van der Waals surface area contributed by atoms with E-state index in [4.69, 9.17) is 4.52 Å². The largest absolute Gasteiger partial charge is 0.481 e. The number of rotatable bonds is 8.